The lowest BCUT2D eigenvalue weighted by molar-refractivity contribution is 0.396. The van der Waals surface area contributed by atoms with Crippen LogP contribution < -0.4 is 14.2 Å². The van der Waals surface area contributed by atoms with E-state index in [1.165, 1.54) is 38.5 Å². The molecule has 5 nitrogen and oxygen atoms in total. The summed E-state index contributed by atoms with van der Waals surface area (Å²) in [4.78, 5) is 0.159. The topological polar surface area (TPSA) is 64.6 Å². The lowest BCUT2D eigenvalue weighted by Crippen LogP contribution is -2.13. The number of aryl methyl sites for hydroxylation is 1. The predicted octanol–water partition coefficient (Wildman–Crippen LogP) is 3.47. The van der Waals surface area contributed by atoms with Crippen molar-refractivity contribution in [1.82, 2.24) is 0 Å². The first-order chi connectivity index (χ1) is 10.4. The van der Waals surface area contributed by atoms with Crippen LogP contribution in [-0.4, -0.2) is 22.6 Å². The van der Waals surface area contributed by atoms with Crippen LogP contribution >= 0.6 is 11.6 Å². The third-order valence-electron chi connectivity index (χ3n) is 3.05. The van der Waals surface area contributed by atoms with Gasteiger partial charge in [0.05, 0.1) is 29.8 Å². The van der Waals surface area contributed by atoms with E-state index < -0.39 is 10.0 Å². The van der Waals surface area contributed by atoms with E-state index in [4.69, 9.17) is 21.1 Å². The van der Waals surface area contributed by atoms with Crippen LogP contribution in [0.2, 0.25) is 5.02 Å². The first-order valence-electron chi connectivity index (χ1n) is 6.38. The van der Waals surface area contributed by atoms with E-state index in [2.05, 4.69) is 4.72 Å². The molecule has 0 bridgehead atoms. The van der Waals surface area contributed by atoms with Crippen molar-refractivity contribution in [3.63, 3.8) is 0 Å². The molecule has 0 unspecified atom stereocenters. The molecule has 0 radical (unpaired) electrons. The summed E-state index contributed by atoms with van der Waals surface area (Å²) in [5.41, 5.74) is 1.22. The van der Waals surface area contributed by atoms with Gasteiger partial charge in [0.2, 0.25) is 0 Å². The van der Waals surface area contributed by atoms with Gasteiger partial charge >= 0.3 is 0 Å². The van der Waals surface area contributed by atoms with Gasteiger partial charge in [-0.1, -0.05) is 29.3 Å². The van der Waals surface area contributed by atoms with Gasteiger partial charge in [-0.2, -0.15) is 0 Å². The highest BCUT2D eigenvalue weighted by molar-refractivity contribution is 7.92. The predicted molar refractivity (Wildman–Crippen MR) is 86.5 cm³/mol. The first kappa shape index (κ1) is 16.5. The van der Waals surface area contributed by atoms with Crippen molar-refractivity contribution in [2.24, 2.45) is 0 Å². The normalized spacial score (nSPS) is 11.1. The molecule has 7 heteroatoms. The molecule has 0 amide bonds. The van der Waals surface area contributed by atoms with Crippen LogP contribution in [0.1, 0.15) is 5.56 Å². The quantitative estimate of drug-likeness (QED) is 0.904. The zero-order valence-electron chi connectivity index (χ0n) is 12.4. The Kier molecular flexibility index (Phi) is 4.83. The number of hydrogen-bond acceptors (Lipinski definition) is 4. The summed E-state index contributed by atoms with van der Waals surface area (Å²) in [5, 5.41) is 0.282. The summed E-state index contributed by atoms with van der Waals surface area (Å²) in [6.45, 7) is 1.89. The standard InChI is InChI=1S/C15H16ClNO4S/c1-10-4-6-11(7-5-10)22(18,19)17-13-8-12(16)14(20-2)9-15(13)21-3/h4-9,17H,1-3H3. The maximum absolute atomic E-state index is 12.4. The number of ether oxygens (including phenoxy) is 2. The summed E-state index contributed by atoms with van der Waals surface area (Å²) in [5.74, 6) is 0.716. The second-order valence-electron chi connectivity index (χ2n) is 4.61. The molecule has 0 atom stereocenters. The van der Waals surface area contributed by atoms with Crippen molar-refractivity contribution in [2.45, 2.75) is 11.8 Å². The van der Waals surface area contributed by atoms with Gasteiger partial charge in [-0.25, -0.2) is 8.42 Å². The summed E-state index contributed by atoms with van der Waals surface area (Å²) < 4.78 is 37.5. The summed E-state index contributed by atoms with van der Waals surface area (Å²) in [6.07, 6.45) is 0. The molecule has 0 aliphatic rings. The van der Waals surface area contributed by atoms with Gasteiger partial charge in [-0.15, -0.1) is 0 Å². The minimum Gasteiger partial charge on any atom is -0.495 e. The second-order valence-corrected chi connectivity index (χ2v) is 6.70. The maximum atomic E-state index is 12.4. The Labute approximate surface area is 134 Å². The highest BCUT2D eigenvalue weighted by Crippen LogP contribution is 2.36. The fraction of sp³-hybridized carbons (Fsp3) is 0.200. The molecular weight excluding hydrogens is 326 g/mol. The number of sulfonamides is 1. The number of rotatable bonds is 5. The molecule has 0 aliphatic carbocycles. The highest BCUT2D eigenvalue weighted by atomic mass is 35.5. The van der Waals surface area contributed by atoms with Crippen molar-refractivity contribution in [2.75, 3.05) is 18.9 Å². The molecule has 0 saturated carbocycles. The second kappa shape index (κ2) is 6.46. The van der Waals surface area contributed by atoms with Gasteiger partial charge in [0.25, 0.3) is 10.0 Å². The number of benzene rings is 2. The van der Waals surface area contributed by atoms with Gasteiger partial charge in [-0.05, 0) is 25.1 Å². The molecule has 0 spiro atoms. The van der Waals surface area contributed by atoms with Crippen molar-refractivity contribution in [3.8, 4) is 11.5 Å². The third-order valence-corrected chi connectivity index (χ3v) is 4.73. The van der Waals surface area contributed by atoms with Crippen LogP contribution in [0.5, 0.6) is 11.5 Å². The lowest BCUT2D eigenvalue weighted by atomic mass is 10.2. The Hall–Kier alpha value is -1.92. The number of nitrogens with one attached hydrogen (secondary N) is 1. The van der Waals surface area contributed by atoms with Crippen LogP contribution in [0.4, 0.5) is 5.69 Å². The smallest absolute Gasteiger partial charge is 0.262 e. The average molecular weight is 342 g/mol. The molecule has 22 heavy (non-hydrogen) atoms. The van der Waals surface area contributed by atoms with Gasteiger partial charge in [0.15, 0.2) is 0 Å². The Bertz CT molecular complexity index is 773. The van der Waals surface area contributed by atoms with E-state index in [1.807, 2.05) is 6.92 Å². The Balaban J connectivity index is 2.41. The average Bonchev–Trinajstić information content (AvgIpc) is 2.47. The Morgan fingerprint density at radius 1 is 1.00 bits per heavy atom. The molecule has 0 aromatic heterocycles. The molecule has 2 aromatic rings. The third kappa shape index (κ3) is 3.45. The summed E-state index contributed by atoms with van der Waals surface area (Å²) in [6, 6.07) is 9.50. The largest absolute Gasteiger partial charge is 0.495 e. The van der Waals surface area contributed by atoms with Gasteiger partial charge in [0.1, 0.15) is 11.5 Å². The van der Waals surface area contributed by atoms with E-state index in [0.717, 1.165) is 5.56 Å². The Morgan fingerprint density at radius 3 is 2.14 bits per heavy atom. The molecule has 2 rings (SSSR count). The number of halogens is 1. The number of hydrogen-bond donors (Lipinski definition) is 1. The van der Waals surface area contributed by atoms with Crippen LogP contribution in [0.3, 0.4) is 0 Å². The van der Waals surface area contributed by atoms with Crippen molar-refractivity contribution in [1.29, 1.82) is 0 Å². The molecule has 118 valence electrons. The zero-order chi connectivity index (χ0) is 16.3. The van der Waals surface area contributed by atoms with Crippen LogP contribution in [0.25, 0.3) is 0 Å². The highest BCUT2D eigenvalue weighted by Gasteiger charge is 2.18. The minimum atomic E-state index is -3.73. The molecule has 0 aliphatic heterocycles. The molecule has 0 saturated heterocycles. The van der Waals surface area contributed by atoms with Crippen LogP contribution in [0, 0.1) is 6.92 Å². The summed E-state index contributed by atoms with van der Waals surface area (Å²) in [7, 11) is -0.823. The van der Waals surface area contributed by atoms with E-state index in [9.17, 15) is 8.42 Å². The zero-order valence-corrected chi connectivity index (χ0v) is 14.0. The molecular formula is C15H16ClNO4S. The van der Waals surface area contributed by atoms with Crippen LogP contribution in [-0.2, 0) is 10.0 Å². The molecule has 2 aromatic carbocycles. The summed E-state index contributed by atoms with van der Waals surface area (Å²) >= 11 is 6.04. The maximum Gasteiger partial charge on any atom is 0.262 e. The van der Waals surface area contributed by atoms with E-state index in [1.54, 1.807) is 12.1 Å². The fourth-order valence-electron chi connectivity index (χ4n) is 1.86. The van der Waals surface area contributed by atoms with Crippen LogP contribution in [0.15, 0.2) is 41.3 Å². The van der Waals surface area contributed by atoms with E-state index in [-0.39, 0.29) is 15.6 Å². The Morgan fingerprint density at radius 2 is 1.59 bits per heavy atom. The van der Waals surface area contributed by atoms with Crippen molar-refractivity contribution in [3.05, 3.63) is 47.0 Å². The van der Waals surface area contributed by atoms with Gasteiger partial charge in [0, 0.05) is 6.07 Å². The van der Waals surface area contributed by atoms with Crippen molar-refractivity contribution < 1.29 is 17.9 Å². The SMILES string of the molecule is COc1cc(OC)c(NS(=O)(=O)c2ccc(C)cc2)cc1Cl. The van der Waals surface area contributed by atoms with Gasteiger partial charge < -0.3 is 9.47 Å². The number of anilines is 1. The molecule has 1 N–H and O–H groups in total. The monoisotopic (exact) mass is 341 g/mol. The first-order valence-corrected chi connectivity index (χ1v) is 8.24. The van der Waals surface area contributed by atoms with E-state index >= 15 is 0 Å². The minimum absolute atomic E-state index is 0.159. The van der Waals surface area contributed by atoms with E-state index in [0.29, 0.717) is 11.5 Å². The molecule has 0 fully saturated rings. The number of methoxy groups -OCH3 is 2. The molecule has 0 heterocycles. The fourth-order valence-corrected chi connectivity index (χ4v) is 3.16. The van der Waals surface area contributed by atoms with Gasteiger partial charge in [-0.3, -0.25) is 4.72 Å². The van der Waals surface area contributed by atoms with Crippen molar-refractivity contribution >= 4 is 27.3 Å². The lowest BCUT2D eigenvalue weighted by Gasteiger charge is -2.14.